The summed E-state index contributed by atoms with van der Waals surface area (Å²) in [5, 5.41) is 31.1. The van der Waals surface area contributed by atoms with Crippen molar-refractivity contribution in [3.05, 3.63) is 12.2 Å². The van der Waals surface area contributed by atoms with Gasteiger partial charge in [0.1, 0.15) is 6.61 Å². The Morgan fingerprint density at radius 1 is 0.809 bits per heavy atom. The molecule has 1 aliphatic carbocycles. The summed E-state index contributed by atoms with van der Waals surface area (Å²) in [5.74, 6) is -0.594. The molecule has 6 atom stereocenters. The van der Waals surface area contributed by atoms with E-state index < -0.39 is 50.8 Å². The Labute approximate surface area is 283 Å². The molecule has 0 spiro atoms. The number of unbranched alkanes of at least 4 members (excludes halogenated alkanes) is 10. The van der Waals surface area contributed by atoms with Gasteiger partial charge >= 0.3 is 19.8 Å². The van der Waals surface area contributed by atoms with Gasteiger partial charge < -0.3 is 34.6 Å². The summed E-state index contributed by atoms with van der Waals surface area (Å²) in [6.45, 7) is 5.59. The van der Waals surface area contributed by atoms with E-state index in [0.29, 0.717) is 31.6 Å². The third-order valence-electron chi connectivity index (χ3n) is 8.81. The molecule has 276 valence electrons. The Morgan fingerprint density at radius 3 is 2.04 bits per heavy atom. The van der Waals surface area contributed by atoms with E-state index in [1.54, 1.807) is 6.08 Å². The summed E-state index contributed by atoms with van der Waals surface area (Å²) in [7, 11) is -4.79. The van der Waals surface area contributed by atoms with E-state index in [1.165, 1.54) is 19.3 Å². The van der Waals surface area contributed by atoms with Crippen LogP contribution in [-0.4, -0.2) is 74.7 Å². The van der Waals surface area contributed by atoms with Gasteiger partial charge in [0.15, 0.2) is 6.10 Å². The summed E-state index contributed by atoms with van der Waals surface area (Å²) < 4.78 is 26.2. The van der Waals surface area contributed by atoms with E-state index in [-0.39, 0.29) is 31.3 Å². The van der Waals surface area contributed by atoms with Gasteiger partial charge in [-0.15, -0.1) is 0 Å². The van der Waals surface area contributed by atoms with Crippen LogP contribution in [-0.2, 0) is 28.2 Å². The number of ether oxygens (including phenoxy) is 2. The highest BCUT2D eigenvalue weighted by molar-refractivity contribution is 7.46. The fourth-order valence-electron chi connectivity index (χ4n) is 6.06. The zero-order chi connectivity index (χ0) is 35.1. The molecule has 0 amide bonds. The highest BCUT2D eigenvalue weighted by atomic mass is 31.2. The van der Waals surface area contributed by atoms with Crippen molar-refractivity contribution in [1.29, 1.82) is 0 Å². The van der Waals surface area contributed by atoms with Crippen LogP contribution in [0.4, 0.5) is 0 Å². The predicted octanol–water partition coefficient (Wildman–Crippen LogP) is 6.52. The maximum Gasteiger partial charge on any atom is 0.469 e. The standard InChI is InChI=1S/C35H65O11P/c1-4-5-12-18-28(36)22-23-31-30(32(37)24-33(31)38)19-14-10-11-15-20-34(39)44-25-29(26-45-47(41,42)43)46-35(40)21-16-9-7-6-8-13-17-27(2)3/h22-23,27-33,36-38H,4-21,24-26H2,1-3H3,(H2,41,42,43)/b23-22+/t28-,29+,30+,31+,32-,33+/m0/s1. The quantitative estimate of drug-likeness (QED) is 0.0261. The molecule has 5 N–H and O–H groups in total. The van der Waals surface area contributed by atoms with Crippen molar-refractivity contribution in [2.24, 2.45) is 17.8 Å². The van der Waals surface area contributed by atoms with Crippen LogP contribution in [0, 0.1) is 17.8 Å². The lowest BCUT2D eigenvalue weighted by Gasteiger charge is -2.21. The van der Waals surface area contributed by atoms with Crippen LogP contribution >= 0.6 is 7.82 Å². The number of phosphoric ester groups is 1. The maximum atomic E-state index is 12.3. The van der Waals surface area contributed by atoms with Crippen molar-refractivity contribution in [3.63, 3.8) is 0 Å². The molecule has 0 radical (unpaired) electrons. The van der Waals surface area contributed by atoms with Crippen molar-refractivity contribution in [1.82, 2.24) is 0 Å². The Kier molecular flexibility index (Phi) is 23.8. The van der Waals surface area contributed by atoms with Crippen LogP contribution in [0.15, 0.2) is 12.2 Å². The molecule has 0 aromatic heterocycles. The van der Waals surface area contributed by atoms with E-state index in [0.717, 1.165) is 64.2 Å². The van der Waals surface area contributed by atoms with Crippen molar-refractivity contribution in [2.75, 3.05) is 13.2 Å². The second-order valence-corrected chi connectivity index (χ2v) is 14.9. The van der Waals surface area contributed by atoms with Crippen LogP contribution in [0.25, 0.3) is 0 Å². The van der Waals surface area contributed by atoms with E-state index in [9.17, 15) is 29.5 Å². The van der Waals surface area contributed by atoms with Crippen molar-refractivity contribution >= 4 is 19.8 Å². The molecule has 0 saturated heterocycles. The highest BCUT2D eigenvalue weighted by Gasteiger charge is 2.39. The Bertz CT molecular complexity index is 906. The summed E-state index contributed by atoms with van der Waals surface area (Å²) in [4.78, 5) is 42.7. The van der Waals surface area contributed by atoms with Gasteiger partial charge in [-0.2, -0.15) is 0 Å². The van der Waals surface area contributed by atoms with Gasteiger partial charge in [-0.05, 0) is 37.5 Å². The first-order valence-electron chi connectivity index (χ1n) is 18.1. The molecule has 0 aromatic carbocycles. The number of rotatable bonds is 28. The smallest absolute Gasteiger partial charge is 0.462 e. The van der Waals surface area contributed by atoms with Gasteiger partial charge in [0.25, 0.3) is 0 Å². The Morgan fingerprint density at radius 2 is 1.40 bits per heavy atom. The fraction of sp³-hybridized carbons (Fsp3) is 0.886. The molecule has 11 nitrogen and oxygen atoms in total. The second-order valence-electron chi connectivity index (χ2n) is 13.6. The Hall–Kier alpha value is -1.33. The Balaban J connectivity index is 2.34. The average Bonchev–Trinajstić information content (AvgIpc) is 3.27. The number of carbonyl (C=O) groups excluding carboxylic acids is 2. The van der Waals surface area contributed by atoms with Crippen LogP contribution < -0.4 is 0 Å². The second kappa shape index (κ2) is 25.6. The van der Waals surface area contributed by atoms with Gasteiger partial charge in [0, 0.05) is 25.2 Å². The van der Waals surface area contributed by atoms with E-state index in [2.05, 4.69) is 25.3 Å². The van der Waals surface area contributed by atoms with Crippen LogP contribution in [0.5, 0.6) is 0 Å². The molecular formula is C35H65O11P. The molecule has 1 fully saturated rings. The van der Waals surface area contributed by atoms with Crippen molar-refractivity contribution in [2.45, 2.75) is 167 Å². The van der Waals surface area contributed by atoms with Gasteiger partial charge in [0.2, 0.25) is 0 Å². The monoisotopic (exact) mass is 692 g/mol. The highest BCUT2D eigenvalue weighted by Crippen LogP contribution is 2.37. The van der Waals surface area contributed by atoms with Crippen LogP contribution in [0.1, 0.15) is 143 Å². The minimum atomic E-state index is -4.79. The maximum absolute atomic E-state index is 12.3. The van der Waals surface area contributed by atoms with Gasteiger partial charge in [-0.3, -0.25) is 14.1 Å². The average molecular weight is 693 g/mol. The van der Waals surface area contributed by atoms with Gasteiger partial charge in [-0.25, -0.2) is 4.57 Å². The lowest BCUT2D eigenvalue weighted by Crippen LogP contribution is -2.29. The fourth-order valence-corrected chi connectivity index (χ4v) is 6.42. The lowest BCUT2D eigenvalue weighted by atomic mass is 9.88. The molecule has 0 aliphatic heterocycles. The van der Waals surface area contributed by atoms with E-state index >= 15 is 0 Å². The molecule has 1 aliphatic rings. The van der Waals surface area contributed by atoms with Gasteiger partial charge in [-0.1, -0.05) is 110 Å². The molecule has 0 unspecified atom stereocenters. The number of aliphatic hydroxyl groups excluding tert-OH is 3. The largest absolute Gasteiger partial charge is 0.469 e. The van der Waals surface area contributed by atoms with E-state index in [4.69, 9.17) is 19.3 Å². The topological polar surface area (TPSA) is 180 Å². The van der Waals surface area contributed by atoms with Gasteiger partial charge in [0.05, 0.1) is 24.9 Å². The van der Waals surface area contributed by atoms with Crippen LogP contribution in [0.3, 0.4) is 0 Å². The number of esters is 2. The zero-order valence-electron chi connectivity index (χ0n) is 29.2. The SMILES string of the molecule is CCCCC[C@H](O)/C=C/[C@@H]1[C@@H](CCCCCCC(=O)OC[C@H](COP(=O)(O)O)OC(=O)CCCCCCCCC(C)C)[C@@H](O)C[C@H]1O. The predicted molar refractivity (Wildman–Crippen MR) is 181 cm³/mol. The van der Waals surface area contributed by atoms with Crippen LogP contribution in [0.2, 0.25) is 0 Å². The summed E-state index contributed by atoms with van der Waals surface area (Å²) in [5.41, 5.74) is 0. The normalized spacial score (nSPS) is 21.4. The number of phosphoric acid groups is 1. The first kappa shape index (κ1) is 43.7. The number of hydrogen-bond donors (Lipinski definition) is 5. The molecule has 0 heterocycles. The molecule has 1 rings (SSSR count). The molecule has 47 heavy (non-hydrogen) atoms. The number of hydrogen-bond acceptors (Lipinski definition) is 9. The minimum absolute atomic E-state index is 0.0800. The summed E-state index contributed by atoms with van der Waals surface area (Å²) in [6.07, 6.45) is 16.2. The molecule has 12 heteroatoms. The van der Waals surface area contributed by atoms with Crippen molar-refractivity contribution < 1.29 is 53.3 Å². The third-order valence-corrected chi connectivity index (χ3v) is 9.30. The third kappa shape index (κ3) is 22.8. The summed E-state index contributed by atoms with van der Waals surface area (Å²) in [6, 6.07) is 0. The number of aliphatic hydroxyl groups is 3. The molecule has 0 bridgehead atoms. The first-order valence-corrected chi connectivity index (χ1v) is 19.6. The van der Waals surface area contributed by atoms with E-state index in [1.807, 2.05) is 6.08 Å². The molecule has 0 aromatic rings. The van der Waals surface area contributed by atoms with Crippen molar-refractivity contribution in [3.8, 4) is 0 Å². The zero-order valence-corrected chi connectivity index (χ0v) is 30.1. The summed E-state index contributed by atoms with van der Waals surface area (Å²) >= 11 is 0. The molecule has 1 saturated carbocycles. The molecular weight excluding hydrogens is 627 g/mol. The first-order chi connectivity index (χ1) is 22.3. The lowest BCUT2D eigenvalue weighted by molar-refractivity contribution is -0.161. The minimum Gasteiger partial charge on any atom is -0.462 e. The number of carbonyl (C=O) groups is 2.